The largest absolute Gasteiger partial charge is 0.534 e. The second-order valence-corrected chi connectivity index (χ2v) is 19.5. The van der Waals surface area contributed by atoms with E-state index >= 15 is 0 Å². The number of fused-ring (bicyclic) bond motifs is 6. The van der Waals surface area contributed by atoms with Crippen LogP contribution in [0.3, 0.4) is 0 Å². The molecular weight excluding hydrogens is 671 g/mol. The summed E-state index contributed by atoms with van der Waals surface area (Å²) in [6.07, 6.45) is 0. The zero-order valence-corrected chi connectivity index (χ0v) is 26.7. The van der Waals surface area contributed by atoms with E-state index in [0.717, 1.165) is 29.8 Å². The number of benzene rings is 3. The Morgan fingerprint density at radius 3 is 1.53 bits per heavy atom. The fraction of sp³-hybridized carbons (Fsp3) is 0.321. The van der Waals surface area contributed by atoms with Crippen molar-refractivity contribution >= 4 is 44.7 Å². The number of hydrogen-bond acceptors (Lipinski definition) is 8. The second kappa shape index (κ2) is 9.72. The Labute approximate surface area is 255 Å². The lowest BCUT2D eigenvalue weighted by Gasteiger charge is -2.44. The summed E-state index contributed by atoms with van der Waals surface area (Å²) in [5, 5.41) is 0.421. The summed E-state index contributed by atoms with van der Waals surface area (Å²) in [7, 11) is -15.5. The summed E-state index contributed by atoms with van der Waals surface area (Å²) in [6, 6.07) is 11.6. The maximum Gasteiger partial charge on any atom is 0.534 e. The minimum atomic E-state index is -6.09. The monoisotopic (exact) mass is 694 g/mol. The molecule has 3 aromatic carbocycles. The van der Waals surface area contributed by atoms with Gasteiger partial charge in [0.1, 0.15) is 19.6 Å². The van der Waals surface area contributed by atoms with Gasteiger partial charge in [-0.25, -0.2) is 4.79 Å². The van der Waals surface area contributed by atoms with Crippen LogP contribution in [0.5, 0.6) is 11.5 Å². The van der Waals surface area contributed by atoms with E-state index in [0.29, 0.717) is 5.56 Å². The Kier molecular flexibility index (Phi) is 7.08. The normalized spacial score (nSPS) is 17.3. The van der Waals surface area contributed by atoms with Gasteiger partial charge in [-0.1, -0.05) is 52.1 Å². The topological polar surface area (TPSA) is 113 Å². The summed E-state index contributed by atoms with van der Waals surface area (Å²) in [5.41, 5.74) is -12.0. The molecule has 0 radical (unpaired) electrons. The molecular formula is C28H24F6O8S2Si. The van der Waals surface area contributed by atoms with Gasteiger partial charge >= 0.3 is 37.2 Å². The predicted molar refractivity (Wildman–Crippen MR) is 151 cm³/mol. The number of carbonyl (C=O) groups excluding carboxylic acids is 1. The second-order valence-electron chi connectivity index (χ2n) is 12.1. The van der Waals surface area contributed by atoms with Gasteiger partial charge in [-0.2, -0.15) is 43.2 Å². The molecule has 0 unspecified atom stereocenters. The Morgan fingerprint density at radius 2 is 1.13 bits per heavy atom. The molecule has 0 fully saturated rings. The van der Waals surface area contributed by atoms with Crippen LogP contribution in [-0.2, 0) is 36.0 Å². The molecule has 2 aliphatic rings. The van der Waals surface area contributed by atoms with E-state index in [1.165, 1.54) is 12.1 Å². The van der Waals surface area contributed by atoms with Crippen LogP contribution >= 0.6 is 0 Å². The molecule has 0 bridgehead atoms. The summed E-state index contributed by atoms with van der Waals surface area (Å²) >= 11 is 0. The van der Waals surface area contributed by atoms with Gasteiger partial charge in [-0.15, -0.1) is 0 Å². The molecule has 45 heavy (non-hydrogen) atoms. The lowest BCUT2D eigenvalue weighted by molar-refractivity contribution is -0.0504. The molecule has 0 aliphatic carbocycles. The Balaban J connectivity index is 1.83. The first-order chi connectivity index (χ1) is 20.3. The molecule has 2 aliphatic heterocycles. The number of hydrogen-bond donors (Lipinski definition) is 0. The van der Waals surface area contributed by atoms with Crippen molar-refractivity contribution in [1.29, 1.82) is 0 Å². The Hall–Kier alpha value is -3.57. The van der Waals surface area contributed by atoms with Crippen LogP contribution in [0.25, 0.3) is 0 Å². The van der Waals surface area contributed by atoms with E-state index in [9.17, 15) is 48.0 Å². The van der Waals surface area contributed by atoms with Gasteiger partial charge < -0.3 is 13.1 Å². The first-order valence-electron chi connectivity index (χ1n) is 13.0. The summed E-state index contributed by atoms with van der Waals surface area (Å²) in [6.45, 7) is 9.02. The highest BCUT2D eigenvalue weighted by Crippen LogP contribution is 2.50. The van der Waals surface area contributed by atoms with Crippen molar-refractivity contribution in [2.24, 2.45) is 0 Å². The third-order valence-corrected chi connectivity index (χ3v) is 13.3. The number of ether oxygens (including phenoxy) is 1. The molecule has 5 rings (SSSR count). The fourth-order valence-corrected chi connectivity index (χ4v) is 9.63. The molecule has 0 saturated heterocycles. The van der Waals surface area contributed by atoms with Crippen LogP contribution in [0.4, 0.5) is 26.3 Å². The summed E-state index contributed by atoms with van der Waals surface area (Å²) in [5.74, 6) is -2.21. The van der Waals surface area contributed by atoms with E-state index in [1.807, 2.05) is 20.8 Å². The van der Waals surface area contributed by atoms with Crippen molar-refractivity contribution in [3.05, 3.63) is 82.4 Å². The number of halogens is 6. The molecule has 2 heterocycles. The average molecular weight is 695 g/mol. The third kappa shape index (κ3) is 5.08. The van der Waals surface area contributed by atoms with Crippen LogP contribution < -0.4 is 18.7 Å². The number of esters is 1. The van der Waals surface area contributed by atoms with Crippen LogP contribution in [-0.4, -0.2) is 41.9 Å². The minimum Gasteiger partial charge on any atom is -0.441 e. The van der Waals surface area contributed by atoms with Gasteiger partial charge in [-0.3, -0.25) is 0 Å². The van der Waals surface area contributed by atoms with Crippen molar-refractivity contribution in [3.63, 3.8) is 0 Å². The summed E-state index contributed by atoms with van der Waals surface area (Å²) < 4.78 is 141. The first-order valence-corrected chi connectivity index (χ1v) is 18.8. The van der Waals surface area contributed by atoms with Gasteiger partial charge in [0.25, 0.3) is 0 Å². The van der Waals surface area contributed by atoms with Gasteiger partial charge in [0.15, 0.2) is 5.60 Å². The number of alkyl halides is 6. The molecule has 0 N–H and O–H groups in total. The highest BCUT2D eigenvalue weighted by Gasteiger charge is 2.57. The molecule has 17 heteroatoms. The zero-order valence-electron chi connectivity index (χ0n) is 24.0. The maximum atomic E-state index is 13.3. The van der Waals surface area contributed by atoms with Gasteiger partial charge in [0, 0.05) is 16.7 Å². The van der Waals surface area contributed by atoms with Crippen molar-refractivity contribution < 1.29 is 61.1 Å². The van der Waals surface area contributed by atoms with Gasteiger partial charge in [0.05, 0.1) is 5.56 Å². The van der Waals surface area contributed by atoms with Crippen molar-refractivity contribution in [1.82, 2.24) is 0 Å². The van der Waals surface area contributed by atoms with E-state index in [1.54, 1.807) is 31.3 Å². The van der Waals surface area contributed by atoms with Crippen LogP contribution in [0, 0.1) is 0 Å². The zero-order chi connectivity index (χ0) is 33.8. The molecule has 1 spiro atoms. The number of carbonyl (C=O) groups is 1. The molecule has 8 nitrogen and oxygen atoms in total. The van der Waals surface area contributed by atoms with Gasteiger partial charge in [0.2, 0.25) is 0 Å². The number of rotatable bonds is 4. The predicted octanol–water partition coefficient (Wildman–Crippen LogP) is 5.04. The molecule has 242 valence electrons. The molecule has 0 atom stereocenters. The lowest BCUT2D eigenvalue weighted by Crippen LogP contribution is -2.63. The van der Waals surface area contributed by atoms with E-state index in [-0.39, 0.29) is 27.1 Å². The quantitative estimate of drug-likeness (QED) is 0.123. The van der Waals surface area contributed by atoms with E-state index in [2.05, 4.69) is 8.37 Å². The molecule has 3 aromatic rings. The molecule has 0 aromatic heterocycles. The van der Waals surface area contributed by atoms with Crippen molar-refractivity contribution in [3.8, 4) is 11.5 Å². The standard InChI is InChI=1S/C28H24F6O8S2Si/c1-25(2,3)15-6-9-18-21(12-15)26(40-24(18)35)19-10-7-16(41-43(36,37)27(29,30)31)13-22(19)45(4,5)23-14-17(8-11-20(23)26)42-44(38,39)28(32,33)34/h6-14H,1-5H3. The first kappa shape index (κ1) is 32.8. The highest BCUT2D eigenvalue weighted by atomic mass is 32.2. The average Bonchev–Trinajstić information content (AvgIpc) is 3.18. The smallest absolute Gasteiger partial charge is 0.441 e. The van der Waals surface area contributed by atoms with Crippen molar-refractivity contribution in [2.75, 3.05) is 0 Å². The van der Waals surface area contributed by atoms with Crippen LogP contribution in [0.1, 0.15) is 53.4 Å². The van der Waals surface area contributed by atoms with Gasteiger partial charge in [-0.05, 0) is 57.8 Å². The maximum absolute atomic E-state index is 13.3. The SMILES string of the molecule is CC(C)(C)c1ccc2c(c1)C1(OC2=O)c2ccc(OS(=O)(=O)C(F)(F)F)cc2[Si](C)(C)c2cc(OS(=O)(=O)C(F)(F)F)ccc21. The highest BCUT2D eigenvalue weighted by molar-refractivity contribution is 7.88. The van der Waals surface area contributed by atoms with Crippen molar-refractivity contribution in [2.45, 2.75) is 55.9 Å². The Morgan fingerprint density at radius 1 is 0.689 bits per heavy atom. The minimum absolute atomic E-state index is 0.140. The van der Waals surface area contributed by atoms with Crippen LogP contribution in [0.2, 0.25) is 13.1 Å². The molecule has 0 saturated carbocycles. The molecule has 0 amide bonds. The lowest BCUT2D eigenvalue weighted by atomic mass is 9.76. The van der Waals surface area contributed by atoms with E-state index < -0.39 is 67.8 Å². The third-order valence-electron chi connectivity index (χ3n) is 7.80. The van der Waals surface area contributed by atoms with Crippen LogP contribution in [0.15, 0.2) is 54.6 Å². The Bertz CT molecular complexity index is 1880. The fourth-order valence-electron chi connectivity index (χ4n) is 5.57. The van der Waals surface area contributed by atoms with E-state index in [4.69, 9.17) is 4.74 Å². The summed E-state index contributed by atoms with van der Waals surface area (Å²) in [4.78, 5) is 13.3.